The molecule has 0 bridgehead atoms. The zero-order valence-corrected chi connectivity index (χ0v) is 28.0. The van der Waals surface area contributed by atoms with Gasteiger partial charge in [-0.25, -0.2) is 14.4 Å². The van der Waals surface area contributed by atoms with Crippen molar-refractivity contribution in [3.63, 3.8) is 0 Å². The van der Waals surface area contributed by atoms with Crippen molar-refractivity contribution < 1.29 is 39.1 Å². The molecule has 0 saturated heterocycles. The zero-order valence-electron chi connectivity index (χ0n) is 27.2. The normalized spacial score (nSPS) is 10.7. The average molecular weight is 697 g/mol. The Labute approximate surface area is 298 Å². The van der Waals surface area contributed by atoms with Crippen LogP contribution in [0, 0.1) is 0 Å². The van der Waals surface area contributed by atoms with Gasteiger partial charge in [-0.2, -0.15) is 4.89 Å². The Hall–Kier alpha value is -6.16. The first-order valence-corrected chi connectivity index (χ1v) is 16.8. The minimum Gasteiger partial charge on any atom is -0.478 e. The summed E-state index contributed by atoms with van der Waals surface area (Å²) in [5, 5.41) is 19.5. The smallest absolute Gasteiger partial charge is 0.344 e. The van der Waals surface area contributed by atoms with E-state index in [4.69, 9.17) is 14.5 Å². The SMILES string of the molecule is O=C(O)c1cc(Cc2ccccc2)ccc1COOc1ccc(Sc2ccc(OC(=O)c3ccc(Cc4ccccc4)cc3C(=O)O)cc2)cc1. The van der Waals surface area contributed by atoms with Gasteiger partial charge in [-0.1, -0.05) is 90.6 Å². The van der Waals surface area contributed by atoms with Crippen LogP contribution in [0.1, 0.15) is 58.9 Å². The summed E-state index contributed by atoms with van der Waals surface area (Å²) in [7, 11) is 0. The van der Waals surface area contributed by atoms with Gasteiger partial charge in [-0.05, 0) is 107 Å². The average Bonchev–Trinajstić information content (AvgIpc) is 3.14. The highest BCUT2D eigenvalue weighted by Gasteiger charge is 2.19. The molecule has 9 heteroatoms. The van der Waals surface area contributed by atoms with E-state index in [0.29, 0.717) is 24.2 Å². The van der Waals surface area contributed by atoms with E-state index in [-0.39, 0.29) is 29.0 Å². The maximum atomic E-state index is 13.0. The molecule has 0 spiro atoms. The van der Waals surface area contributed by atoms with Gasteiger partial charge < -0.3 is 19.8 Å². The summed E-state index contributed by atoms with van der Waals surface area (Å²) in [5.74, 6) is -2.26. The van der Waals surface area contributed by atoms with Crippen LogP contribution < -0.4 is 9.62 Å². The minimum absolute atomic E-state index is 0.0249. The third kappa shape index (κ3) is 9.51. The third-order valence-corrected chi connectivity index (χ3v) is 8.92. The van der Waals surface area contributed by atoms with Crippen molar-refractivity contribution in [2.24, 2.45) is 0 Å². The van der Waals surface area contributed by atoms with E-state index in [1.807, 2.05) is 78.9 Å². The van der Waals surface area contributed by atoms with E-state index >= 15 is 0 Å². The molecule has 0 amide bonds. The van der Waals surface area contributed by atoms with Crippen molar-refractivity contribution in [1.29, 1.82) is 0 Å². The highest BCUT2D eigenvalue weighted by Crippen LogP contribution is 2.31. The summed E-state index contributed by atoms with van der Waals surface area (Å²) < 4.78 is 5.52. The predicted octanol–water partition coefficient (Wildman–Crippen LogP) is 9.15. The fourth-order valence-electron chi connectivity index (χ4n) is 5.38. The van der Waals surface area contributed by atoms with E-state index in [0.717, 1.165) is 32.0 Å². The number of carbonyl (C=O) groups is 3. The fourth-order valence-corrected chi connectivity index (χ4v) is 6.19. The molecule has 0 aliphatic heterocycles. The number of hydrogen-bond donors (Lipinski definition) is 2. The van der Waals surface area contributed by atoms with Crippen LogP contribution in [0.4, 0.5) is 0 Å². The standard InChI is InChI=1S/C42H32O8S/c43-40(44)38-25-30(23-28-7-3-1-4-8-28)11-13-32(38)27-48-50-34-16-20-36(21-17-34)51-35-18-14-33(15-19-35)49-42(47)37-22-12-31(26-39(37)41(45)46)24-29-9-5-2-6-10-29/h1-22,25-26H,23-24,27H2,(H,43,44)(H,45,46). The molecule has 0 heterocycles. The Bertz CT molecular complexity index is 2130. The van der Waals surface area contributed by atoms with Gasteiger partial charge in [-0.3, -0.25) is 0 Å². The molecule has 51 heavy (non-hydrogen) atoms. The topological polar surface area (TPSA) is 119 Å². The minimum atomic E-state index is -1.21. The van der Waals surface area contributed by atoms with Gasteiger partial charge >= 0.3 is 17.9 Å². The van der Waals surface area contributed by atoms with Gasteiger partial charge in [0.05, 0.1) is 16.7 Å². The van der Waals surface area contributed by atoms with Gasteiger partial charge in [0.1, 0.15) is 12.4 Å². The van der Waals surface area contributed by atoms with E-state index in [9.17, 15) is 24.6 Å². The van der Waals surface area contributed by atoms with Crippen LogP contribution in [0.2, 0.25) is 0 Å². The van der Waals surface area contributed by atoms with E-state index in [2.05, 4.69) is 0 Å². The van der Waals surface area contributed by atoms with Crippen molar-refractivity contribution >= 4 is 29.7 Å². The summed E-state index contributed by atoms with van der Waals surface area (Å²) in [6.45, 7) is -0.0438. The Morgan fingerprint density at radius 2 is 1.02 bits per heavy atom. The largest absolute Gasteiger partial charge is 0.478 e. The molecule has 2 N–H and O–H groups in total. The highest BCUT2D eigenvalue weighted by molar-refractivity contribution is 7.99. The number of carboxylic acid groups (broad SMARTS) is 2. The summed E-state index contributed by atoms with van der Waals surface area (Å²) in [6.07, 6.45) is 1.17. The molecular formula is C42H32O8S. The lowest BCUT2D eigenvalue weighted by Crippen LogP contribution is -2.14. The second kappa shape index (κ2) is 16.5. The summed E-state index contributed by atoms with van der Waals surface area (Å²) in [5.41, 5.74) is 4.32. The lowest BCUT2D eigenvalue weighted by atomic mass is 9.99. The number of carboxylic acids is 2. The van der Waals surface area contributed by atoms with Crippen LogP contribution in [0.25, 0.3) is 0 Å². The van der Waals surface area contributed by atoms with Crippen LogP contribution >= 0.6 is 11.8 Å². The van der Waals surface area contributed by atoms with Crippen molar-refractivity contribution in [3.8, 4) is 11.5 Å². The molecule has 0 aliphatic carbocycles. The molecule has 6 aromatic carbocycles. The van der Waals surface area contributed by atoms with Crippen LogP contribution in [-0.2, 0) is 24.3 Å². The van der Waals surface area contributed by atoms with Crippen LogP contribution in [0.3, 0.4) is 0 Å². The number of esters is 1. The quantitative estimate of drug-likeness (QED) is 0.0497. The van der Waals surface area contributed by atoms with Crippen LogP contribution in [0.15, 0.2) is 155 Å². The maximum absolute atomic E-state index is 13.0. The monoisotopic (exact) mass is 696 g/mol. The van der Waals surface area contributed by atoms with Crippen LogP contribution in [0.5, 0.6) is 11.5 Å². The molecule has 0 aliphatic rings. The zero-order chi connectivity index (χ0) is 35.6. The maximum Gasteiger partial charge on any atom is 0.344 e. The molecule has 0 radical (unpaired) electrons. The second-order valence-electron chi connectivity index (χ2n) is 11.6. The summed E-state index contributed by atoms with van der Waals surface area (Å²) >= 11 is 1.48. The number of carbonyl (C=O) groups excluding carboxylic acids is 1. The van der Waals surface area contributed by atoms with Crippen molar-refractivity contribution in [2.45, 2.75) is 29.2 Å². The van der Waals surface area contributed by atoms with Gasteiger partial charge in [0.2, 0.25) is 0 Å². The molecule has 8 nitrogen and oxygen atoms in total. The molecule has 0 fully saturated rings. The third-order valence-electron chi connectivity index (χ3n) is 7.90. The number of benzene rings is 6. The Morgan fingerprint density at radius 1 is 0.510 bits per heavy atom. The number of hydrogen-bond acceptors (Lipinski definition) is 7. The second-order valence-corrected chi connectivity index (χ2v) is 12.7. The summed E-state index contributed by atoms with van der Waals surface area (Å²) in [6, 6.07) is 43.6. The lowest BCUT2D eigenvalue weighted by Gasteiger charge is -2.11. The first-order valence-electron chi connectivity index (χ1n) is 16.0. The summed E-state index contributed by atoms with van der Waals surface area (Å²) in [4.78, 5) is 49.5. The number of ether oxygens (including phenoxy) is 1. The van der Waals surface area contributed by atoms with Crippen LogP contribution in [-0.4, -0.2) is 28.1 Å². The molecule has 0 saturated carbocycles. The molecule has 6 aromatic rings. The fraction of sp³-hybridized carbons (Fsp3) is 0.0714. The molecule has 6 rings (SSSR count). The molecule has 0 aromatic heterocycles. The van der Waals surface area contributed by atoms with Gasteiger partial charge in [0.15, 0.2) is 5.75 Å². The Balaban J connectivity index is 1.01. The Morgan fingerprint density at radius 3 is 1.57 bits per heavy atom. The Kier molecular flexibility index (Phi) is 11.2. The van der Waals surface area contributed by atoms with Gasteiger partial charge in [-0.15, -0.1) is 0 Å². The molecule has 0 atom stereocenters. The van der Waals surface area contributed by atoms with Gasteiger partial charge in [0, 0.05) is 9.79 Å². The number of aromatic carboxylic acids is 2. The highest BCUT2D eigenvalue weighted by atomic mass is 32.2. The first-order chi connectivity index (χ1) is 24.8. The predicted molar refractivity (Wildman–Crippen MR) is 193 cm³/mol. The van der Waals surface area contributed by atoms with E-state index in [1.54, 1.807) is 54.6 Å². The molecular weight excluding hydrogens is 665 g/mol. The first kappa shape index (κ1) is 34.7. The van der Waals surface area contributed by atoms with E-state index in [1.165, 1.54) is 23.9 Å². The molecule has 254 valence electrons. The van der Waals surface area contributed by atoms with Gasteiger partial charge in [0.25, 0.3) is 0 Å². The lowest BCUT2D eigenvalue weighted by molar-refractivity contribution is -0.217. The molecule has 0 unspecified atom stereocenters. The van der Waals surface area contributed by atoms with Crippen molar-refractivity contribution in [2.75, 3.05) is 0 Å². The van der Waals surface area contributed by atoms with Crippen molar-refractivity contribution in [1.82, 2.24) is 0 Å². The number of rotatable bonds is 14. The van der Waals surface area contributed by atoms with Crippen molar-refractivity contribution in [3.05, 3.63) is 190 Å². The van der Waals surface area contributed by atoms with E-state index < -0.39 is 17.9 Å².